The Morgan fingerprint density at radius 1 is 1.58 bits per heavy atom. The summed E-state index contributed by atoms with van der Waals surface area (Å²) in [7, 11) is 3.89. The number of hydrogen-bond donors (Lipinski definition) is 2. The van der Waals surface area contributed by atoms with Gasteiger partial charge in [-0.15, -0.1) is 0 Å². The first-order chi connectivity index (χ1) is 5.56. The van der Waals surface area contributed by atoms with Gasteiger partial charge in [0.2, 0.25) is 5.91 Å². The molecule has 0 aromatic rings. The Labute approximate surface area is 74.1 Å². The third-order valence-corrected chi connectivity index (χ3v) is 1.55. The lowest BCUT2D eigenvalue weighted by molar-refractivity contribution is -0.121. The summed E-state index contributed by atoms with van der Waals surface area (Å²) in [5, 5.41) is 2.79. The van der Waals surface area contributed by atoms with Crippen molar-refractivity contribution in [1.29, 1.82) is 0 Å². The molecule has 4 heteroatoms. The summed E-state index contributed by atoms with van der Waals surface area (Å²) in [6.07, 6.45) is 0.539. The molecule has 3 N–H and O–H groups in total. The Morgan fingerprint density at radius 3 is 2.58 bits per heavy atom. The van der Waals surface area contributed by atoms with Gasteiger partial charge in [0.05, 0.1) is 0 Å². The highest BCUT2D eigenvalue weighted by Crippen LogP contribution is 1.85. The average Bonchev–Trinajstić information content (AvgIpc) is 2.00. The number of hydrogen-bond acceptors (Lipinski definition) is 3. The van der Waals surface area contributed by atoms with Gasteiger partial charge in [0.1, 0.15) is 0 Å². The van der Waals surface area contributed by atoms with Crippen molar-refractivity contribution in [1.82, 2.24) is 10.2 Å². The van der Waals surface area contributed by atoms with Crippen LogP contribution in [0.3, 0.4) is 0 Å². The van der Waals surface area contributed by atoms with Crippen LogP contribution in [-0.4, -0.2) is 44.0 Å². The van der Waals surface area contributed by atoms with Crippen LogP contribution in [-0.2, 0) is 4.79 Å². The molecule has 0 aliphatic carbocycles. The molecule has 0 aromatic carbocycles. The first kappa shape index (κ1) is 11.4. The molecule has 72 valence electrons. The second-order valence-electron chi connectivity index (χ2n) is 3.26. The average molecular weight is 173 g/mol. The van der Waals surface area contributed by atoms with Crippen LogP contribution in [0.2, 0.25) is 0 Å². The molecule has 0 aromatic heterocycles. The molecule has 0 aliphatic rings. The first-order valence-corrected chi connectivity index (χ1v) is 4.20. The van der Waals surface area contributed by atoms with Crippen molar-refractivity contribution in [3.63, 3.8) is 0 Å². The van der Waals surface area contributed by atoms with Crippen molar-refractivity contribution in [3.05, 3.63) is 0 Å². The molecule has 0 saturated heterocycles. The van der Waals surface area contributed by atoms with Crippen molar-refractivity contribution in [2.75, 3.05) is 27.2 Å². The van der Waals surface area contributed by atoms with Gasteiger partial charge in [0.25, 0.3) is 0 Å². The monoisotopic (exact) mass is 173 g/mol. The number of amides is 1. The Morgan fingerprint density at radius 2 is 2.17 bits per heavy atom. The van der Waals surface area contributed by atoms with Gasteiger partial charge in [-0.2, -0.15) is 0 Å². The van der Waals surface area contributed by atoms with Gasteiger partial charge in [-0.1, -0.05) is 0 Å². The highest BCUT2D eigenvalue weighted by atomic mass is 16.1. The van der Waals surface area contributed by atoms with Crippen LogP contribution in [0.1, 0.15) is 13.3 Å². The lowest BCUT2D eigenvalue weighted by atomic mass is 10.3. The maximum Gasteiger partial charge on any atom is 0.221 e. The van der Waals surface area contributed by atoms with Gasteiger partial charge in [0, 0.05) is 25.6 Å². The quantitative estimate of drug-likeness (QED) is 0.584. The number of nitrogens with zero attached hydrogens (tertiary/aromatic N) is 1. The van der Waals surface area contributed by atoms with Gasteiger partial charge in [-0.05, 0) is 21.0 Å². The normalized spacial score (nSPS) is 13.1. The molecule has 0 bridgehead atoms. The first-order valence-electron chi connectivity index (χ1n) is 4.20. The molecule has 1 atom stereocenters. The summed E-state index contributed by atoms with van der Waals surface area (Å²) in [6.45, 7) is 3.17. The van der Waals surface area contributed by atoms with Gasteiger partial charge < -0.3 is 16.0 Å². The molecule has 0 rings (SSSR count). The molecule has 0 unspecified atom stereocenters. The summed E-state index contributed by atoms with van der Waals surface area (Å²) in [5.41, 5.74) is 5.35. The molecule has 0 spiro atoms. The van der Waals surface area contributed by atoms with Crippen LogP contribution in [0.5, 0.6) is 0 Å². The zero-order valence-corrected chi connectivity index (χ0v) is 8.13. The topological polar surface area (TPSA) is 58.4 Å². The van der Waals surface area contributed by atoms with E-state index in [2.05, 4.69) is 5.32 Å². The zero-order chi connectivity index (χ0) is 9.56. The number of carbonyl (C=O) groups is 1. The Kier molecular flexibility index (Phi) is 5.66. The Bertz CT molecular complexity index is 136. The second kappa shape index (κ2) is 5.97. The van der Waals surface area contributed by atoms with Crippen LogP contribution in [0.25, 0.3) is 0 Å². The molecule has 0 heterocycles. The highest BCUT2D eigenvalue weighted by molar-refractivity contribution is 5.76. The van der Waals surface area contributed by atoms with E-state index in [1.54, 1.807) is 0 Å². The summed E-state index contributed by atoms with van der Waals surface area (Å²) in [4.78, 5) is 13.1. The van der Waals surface area contributed by atoms with Crippen molar-refractivity contribution in [2.45, 2.75) is 19.4 Å². The largest absolute Gasteiger partial charge is 0.352 e. The fourth-order valence-electron chi connectivity index (χ4n) is 0.731. The minimum atomic E-state index is 0.0710. The lowest BCUT2D eigenvalue weighted by Gasteiger charge is -2.13. The molecule has 0 aliphatic heterocycles. The van der Waals surface area contributed by atoms with Crippen LogP contribution in [0.15, 0.2) is 0 Å². The Hall–Kier alpha value is -0.610. The summed E-state index contributed by atoms with van der Waals surface area (Å²) < 4.78 is 0. The van der Waals surface area contributed by atoms with E-state index in [1.165, 1.54) is 0 Å². The smallest absolute Gasteiger partial charge is 0.221 e. The molecule has 0 saturated carbocycles. The maximum atomic E-state index is 11.1. The minimum Gasteiger partial charge on any atom is -0.352 e. The fraction of sp³-hybridized carbons (Fsp3) is 0.875. The SMILES string of the molecule is C[C@H](CN)NC(=O)CCN(C)C. The van der Waals surface area contributed by atoms with Gasteiger partial charge in [0.15, 0.2) is 0 Å². The van der Waals surface area contributed by atoms with Crippen molar-refractivity contribution < 1.29 is 4.79 Å². The van der Waals surface area contributed by atoms with E-state index in [4.69, 9.17) is 5.73 Å². The molecule has 1 amide bonds. The van der Waals surface area contributed by atoms with Crippen molar-refractivity contribution in [3.8, 4) is 0 Å². The molecular weight excluding hydrogens is 154 g/mol. The van der Waals surface area contributed by atoms with Gasteiger partial charge in [-0.3, -0.25) is 4.79 Å². The fourth-order valence-corrected chi connectivity index (χ4v) is 0.731. The van der Waals surface area contributed by atoms with E-state index in [0.717, 1.165) is 6.54 Å². The molecule has 12 heavy (non-hydrogen) atoms. The van der Waals surface area contributed by atoms with Crippen LogP contribution in [0, 0.1) is 0 Å². The van der Waals surface area contributed by atoms with E-state index in [0.29, 0.717) is 13.0 Å². The Balaban J connectivity index is 3.46. The van der Waals surface area contributed by atoms with Crippen LogP contribution >= 0.6 is 0 Å². The van der Waals surface area contributed by atoms with E-state index < -0.39 is 0 Å². The summed E-state index contributed by atoms with van der Waals surface area (Å²) in [5.74, 6) is 0.0710. The predicted molar refractivity (Wildman–Crippen MR) is 49.8 cm³/mol. The van der Waals surface area contributed by atoms with Gasteiger partial charge in [-0.25, -0.2) is 0 Å². The maximum absolute atomic E-state index is 11.1. The molecule has 0 radical (unpaired) electrons. The number of carbonyl (C=O) groups excluding carboxylic acids is 1. The third kappa shape index (κ3) is 6.12. The van der Waals surface area contributed by atoms with Gasteiger partial charge >= 0.3 is 0 Å². The lowest BCUT2D eigenvalue weighted by Crippen LogP contribution is -2.38. The van der Waals surface area contributed by atoms with Crippen molar-refractivity contribution >= 4 is 5.91 Å². The minimum absolute atomic E-state index is 0.0710. The number of nitrogens with two attached hydrogens (primary N) is 1. The predicted octanol–water partition coefficient (Wildman–Crippen LogP) is -0.598. The van der Waals surface area contributed by atoms with E-state index >= 15 is 0 Å². The molecule has 4 nitrogen and oxygen atoms in total. The molecular formula is C8H19N3O. The molecule has 0 fully saturated rings. The van der Waals surface area contributed by atoms with E-state index in [1.807, 2.05) is 25.9 Å². The number of nitrogens with one attached hydrogen (secondary N) is 1. The van der Waals surface area contributed by atoms with Crippen LogP contribution in [0.4, 0.5) is 0 Å². The van der Waals surface area contributed by atoms with Crippen molar-refractivity contribution in [2.24, 2.45) is 5.73 Å². The number of rotatable bonds is 5. The standard InChI is InChI=1S/C8H19N3O/c1-7(6-9)10-8(12)4-5-11(2)3/h7H,4-6,9H2,1-3H3,(H,10,12)/t7-/m1/s1. The second-order valence-corrected chi connectivity index (χ2v) is 3.26. The summed E-state index contributed by atoms with van der Waals surface area (Å²) >= 11 is 0. The van der Waals surface area contributed by atoms with E-state index in [-0.39, 0.29) is 11.9 Å². The van der Waals surface area contributed by atoms with Crippen LogP contribution < -0.4 is 11.1 Å². The zero-order valence-electron chi connectivity index (χ0n) is 8.13. The summed E-state index contributed by atoms with van der Waals surface area (Å²) in [6, 6.07) is 0.0830. The highest BCUT2D eigenvalue weighted by Gasteiger charge is 2.04. The van der Waals surface area contributed by atoms with E-state index in [9.17, 15) is 4.79 Å². The third-order valence-electron chi connectivity index (χ3n) is 1.55.